The Morgan fingerprint density at radius 1 is 1.48 bits per heavy atom. The molecule has 116 valence electrons. The molecule has 21 heavy (non-hydrogen) atoms. The third kappa shape index (κ3) is 3.93. The minimum Gasteiger partial charge on any atom is -0.311 e. The first-order valence-corrected chi connectivity index (χ1v) is 9.03. The molecule has 0 aliphatic rings. The van der Waals surface area contributed by atoms with E-state index in [0.717, 1.165) is 28.8 Å². The number of rotatable bonds is 6. The lowest BCUT2D eigenvalue weighted by molar-refractivity contribution is 0.572. The molecule has 0 bridgehead atoms. The van der Waals surface area contributed by atoms with Crippen LogP contribution in [-0.2, 0) is 16.6 Å². The van der Waals surface area contributed by atoms with Crippen LogP contribution in [-0.4, -0.2) is 35.8 Å². The van der Waals surface area contributed by atoms with Crippen LogP contribution in [0.1, 0.15) is 30.1 Å². The number of fused-ring (bicyclic) bond motifs is 1. The molecule has 0 amide bonds. The lowest BCUT2D eigenvalue weighted by atomic mass is 10.3. The first kappa shape index (κ1) is 16.2. The van der Waals surface area contributed by atoms with E-state index < -0.39 is 10.0 Å². The lowest BCUT2D eigenvalue weighted by Gasteiger charge is -2.10. The first-order valence-electron chi connectivity index (χ1n) is 6.70. The summed E-state index contributed by atoms with van der Waals surface area (Å²) in [7, 11) is -3.16. The molecule has 2 heterocycles. The number of sulfonamides is 1. The molecule has 0 aliphatic carbocycles. The van der Waals surface area contributed by atoms with Crippen molar-refractivity contribution in [2.24, 2.45) is 0 Å². The van der Waals surface area contributed by atoms with E-state index in [4.69, 9.17) is 11.6 Å². The second kappa shape index (κ2) is 6.29. The molecule has 0 radical (unpaired) electrons. The molecular weight excluding hydrogens is 312 g/mol. The summed E-state index contributed by atoms with van der Waals surface area (Å²) in [6.07, 6.45) is 3.54. The third-order valence-corrected chi connectivity index (χ3v) is 4.07. The van der Waals surface area contributed by atoms with E-state index in [1.165, 1.54) is 0 Å². The lowest BCUT2D eigenvalue weighted by Crippen LogP contribution is -2.24. The number of imidazole rings is 1. The van der Waals surface area contributed by atoms with Crippen LogP contribution >= 0.6 is 11.6 Å². The Morgan fingerprint density at radius 2 is 2.19 bits per heavy atom. The van der Waals surface area contributed by atoms with Gasteiger partial charge in [-0.25, -0.2) is 23.1 Å². The molecule has 2 rings (SSSR count). The van der Waals surface area contributed by atoms with Crippen molar-refractivity contribution in [2.75, 3.05) is 12.8 Å². The number of aryl methyl sites for hydroxylation is 2. The summed E-state index contributed by atoms with van der Waals surface area (Å²) in [5, 5.41) is -0.235. The van der Waals surface area contributed by atoms with Crippen LogP contribution < -0.4 is 4.72 Å². The highest BCUT2D eigenvalue weighted by atomic mass is 35.5. The number of hydrogen-bond acceptors (Lipinski definition) is 4. The van der Waals surface area contributed by atoms with Crippen LogP contribution in [0.3, 0.4) is 0 Å². The van der Waals surface area contributed by atoms with E-state index in [9.17, 15) is 8.42 Å². The molecule has 0 aromatic carbocycles. The maximum absolute atomic E-state index is 11.1. The molecule has 1 atom stereocenters. The fourth-order valence-corrected chi connectivity index (χ4v) is 2.86. The van der Waals surface area contributed by atoms with Crippen LogP contribution in [0.5, 0.6) is 0 Å². The fraction of sp³-hybridized carbons (Fsp3) is 0.538. The van der Waals surface area contributed by atoms with Crippen LogP contribution in [0.25, 0.3) is 11.2 Å². The Hall–Kier alpha value is -1.18. The van der Waals surface area contributed by atoms with Crippen molar-refractivity contribution in [3.63, 3.8) is 0 Å². The number of hydrogen-bond donors (Lipinski definition) is 1. The topological polar surface area (TPSA) is 76.9 Å². The van der Waals surface area contributed by atoms with E-state index in [-0.39, 0.29) is 5.38 Å². The summed E-state index contributed by atoms with van der Waals surface area (Å²) in [5.41, 5.74) is 2.68. The second-order valence-corrected chi connectivity index (χ2v) is 7.55. The minimum absolute atomic E-state index is 0.235. The largest absolute Gasteiger partial charge is 0.311 e. The second-order valence-electron chi connectivity index (χ2n) is 5.06. The molecule has 2 aromatic rings. The molecule has 8 heteroatoms. The zero-order valence-corrected chi connectivity index (χ0v) is 13.9. The molecule has 0 saturated heterocycles. The molecule has 0 spiro atoms. The maximum atomic E-state index is 11.1. The molecule has 1 N–H and O–H groups in total. The Morgan fingerprint density at radius 3 is 2.81 bits per heavy atom. The van der Waals surface area contributed by atoms with Gasteiger partial charge in [0.2, 0.25) is 10.0 Å². The van der Waals surface area contributed by atoms with E-state index >= 15 is 0 Å². The van der Waals surface area contributed by atoms with Crippen LogP contribution in [0, 0.1) is 6.92 Å². The molecule has 6 nitrogen and oxygen atoms in total. The average Bonchev–Trinajstić information content (AvgIpc) is 2.74. The summed E-state index contributed by atoms with van der Waals surface area (Å²) >= 11 is 6.19. The van der Waals surface area contributed by atoms with E-state index in [1.807, 2.05) is 24.5 Å². The van der Waals surface area contributed by atoms with E-state index in [2.05, 4.69) is 14.7 Å². The van der Waals surface area contributed by atoms with Crippen LogP contribution in [0.4, 0.5) is 0 Å². The van der Waals surface area contributed by atoms with Gasteiger partial charge in [-0.15, -0.1) is 11.6 Å². The van der Waals surface area contributed by atoms with Gasteiger partial charge in [-0.05, 0) is 31.9 Å². The predicted molar refractivity (Wildman–Crippen MR) is 84.0 cm³/mol. The number of pyridine rings is 1. The highest BCUT2D eigenvalue weighted by Gasteiger charge is 2.16. The van der Waals surface area contributed by atoms with Gasteiger partial charge in [-0.2, -0.15) is 0 Å². The average molecular weight is 331 g/mol. The molecule has 0 saturated carbocycles. The van der Waals surface area contributed by atoms with Crippen molar-refractivity contribution in [3.8, 4) is 0 Å². The van der Waals surface area contributed by atoms with Crippen LogP contribution in [0.15, 0.2) is 12.3 Å². The van der Waals surface area contributed by atoms with Crippen molar-refractivity contribution in [1.82, 2.24) is 19.3 Å². The van der Waals surface area contributed by atoms with Crippen molar-refractivity contribution in [3.05, 3.63) is 23.7 Å². The Bertz CT molecular complexity index is 740. The summed E-state index contributed by atoms with van der Waals surface area (Å²) in [4.78, 5) is 8.94. The normalized spacial score (nSPS) is 13.7. The summed E-state index contributed by atoms with van der Waals surface area (Å²) in [6, 6.07) is 1.91. The van der Waals surface area contributed by atoms with E-state index in [1.54, 1.807) is 6.20 Å². The highest BCUT2D eigenvalue weighted by molar-refractivity contribution is 7.88. The van der Waals surface area contributed by atoms with Crippen molar-refractivity contribution < 1.29 is 8.42 Å². The van der Waals surface area contributed by atoms with Gasteiger partial charge < -0.3 is 4.57 Å². The smallest absolute Gasteiger partial charge is 0.208 e. The summed E-state index contributed by atoms with van der Waals surface area (Å²) in [6.45, 7) is 4.83. The SMILES string of the molecule is Cc1ccnc2c1nc(C(C)Cl)n2CCCNS(C)(=O)=O. The summed E-state index contributed by atoms with van der Waals surface area (Å²) < 4.78 is 26.6. The maximum Gasteiger partial charge on any atom is 0.208 e. The van der Waals surface area contributed by atoms with Gasteiger partial charge in [0.1, 0.15) is 11.3 Å². The molecule has 0 aliphatic heterocycles. The van der Waals surface area contributed by atoms with Gasteiger partial charge in [0.05, 0.1) is 11.6 Å². The van der Waals surface area contributed by atoms with Gasteiger partial charge in [-0.1, -0.05) is 0 Å². The molecule has 2 aromatic heterocycles. The van der Waals surface area contributed by atoms with Crippen LogP contribution in [0.2, 0.25) is 0 Å². The standard InChI is InChI=1S/C13H19ClN4O2S/c1-9-5-7-15-13-11(9)17-12(10(2)14)18(13)8-4-6-16-21(3,19)20/h5,7,10,16H,4,6,8H2,1-3H3. The number of alkyl halides is 1. The number of nitrogens with zero attached hydrogens (tertiary/aromatic N) is 3. The molecule has 0 fully saturated rings. The number of halogens is 1. The van der Waals surface area contributed by atoms with Gasteiger partial charge >= 0.3 is 0 Å². The van der Waals surface area contributed by atoms with E-state index in [0.29, 0.717) is 19.5 Å². The van der Waals surface area contributed by atoms with Gasteiger partial charge in [0.15, 0.2) is 5.65 Å². The van der Waals surface area contributed by atoms with Crippen molar-refractivity contribution in [2.45, 2.75) is 32.2 Å². The third-order valence-electron chi connectivity index (χ3n) is 3.14. The summed E-state index contributed by atoms with van der Waals surface area (Å²) in [5.74, 6) is 0.757. The fourth-order valence-electron chi connectivity index (χ4n) is 2.17. The quantitative estimate of drug-likeness (QED) is 0.649. The highest BCUT2D eigenvalue weighted by Crippen LogP contribution is 2.25. The molecule has 1 unspecified atom stereocenters. The Labute approximate surface area is 129 Å². The molecular formula is C13H19ClN4O2S. The zero-order valence-electron chi connectivity index (χ0n) is 12.3. The number of nitrogens with one attached hydrogen (secondary N) is 1. The zero-order chi connectivity index (χ0) is 15.6. The Balaban J connectivity index is 2.25. The van der Waals surface area contributed by atoms with Gasteiger partial charge in [-0.3, -0.25) is 0 Å². The predicted octanol–water partition coefficient (Wildman–Crippen LogP) is 1.98. The first-order chi connectivity index (χ1) is 9.79. The Kier molecular flexibility index (Phi) is 4.85. The van der Waals surface area contributed by atoms with Crippen molar-refractivity contribution >= 4 is 32.8 Å². The minimum atomic E-state index is -3.16. The van der Waals surface area contributed by atoms with Gasteiger partial charge in [0.25, 0.3) is 0 Å². The van der Waals surface area contributed by atoms with Crippen molar-refractivity contribution in [1.29, 1.82) is 0 Å². The number of aromatic nitrogens is 3. The van der Waals surface area contributed by atoms with Gasteiger partial charge in [0, 0.05) is 19.3 Å². The monoisotopic (exact) mass is 330 g/mol.